The third kappa shape index (κ3) is 4.92. The predicted octanol–water partition coefficient (Wildman–Crippen LogP) is 2.72. The Balaban J connectivity index is 2.06. The number of nitrogens with one attached hydrogen (secondary N) is 1. The van der Waals surface area contributed by atoms with E-state index in [4.69, 9.17) is 11.6 Å². The summed E-state index contributed by atoms with van der Waals surface area (Å²) in [7, 11) is -3.80. The molecule has 2 aromatic rings. The van der Waals surface area contributed by atoms with Crippen LogP contribution in [0.3, 0.4) is 0 Å². The number of hydrogen-bond donors (Lipinski definition) is 2. The van der Waals surface area contributed by atoms with E-state index in [1.807, 2.05) is 0 Å². The van der Waals surface area contributed by atoms with Crippen LogP contribution in [0.5, 0.6) is 0 Å². The highest BCUT2D eigenvalue weighted by Crippen LogP contribution is 2.21. The smallest absolute Gasteiger partial charge is 0.269 e. The molecule has 0 unspecified atom stereocenters. The molecule has 7 nitrogen and oxygen atoms in total. The summed E-state index contributed by atoms with van der Waals surface area (Å²) >= 11 is 5.72. The van der Waals surface area contributed by atoms with Crippen LogP contribution in [0.1, 0.15) is 11.7 Å². The maximum Gasteiger partial charge on any atom is 0.269 e. The molecular formula is C14H13ClN2O5S. The summed E-state index contributed by atoms with van der Waals surface area (Å²) in [5.74, 6) is -0.576. The van der Waals surface area contributed by atoms with Gasteiger partial charge in [-0.05, 0) is 42.0 Å². The van der Waals surface area contributed by atoms with E-state index in [1.54, 1.807) is 0 Å². The Morgan fingerprint density at radius 3 is 2.22 bits per heavy atom. The van der Waals surface area contributed by atoms with Crippen molar-refractivity contribution < 1.29 is 18.4 Å². The monoisotopic (exact) mass is 356 g/mol. The summed E-state index contributed by atoms with van der Waals surface area (Å²) in [6.07, 6.45) is -1.30. The molecule has 0 saturated heterocycles. The minimum atomic E-state index is -3.80. The number of non-ortho nitro benzene ring substituents is 1. The van der Waals surface area contributed by atoms with Gasteiger partial charge in [0.1, 0.15) is 0 Å². The number of rotatable bonds is 6. The van der Waals surface area contributed by atoms with Gasteiger partial charge in [0.25, 0.3) is 5.69 Å². The van der Waals surface area contributed by atoms with Gasteiger partial charge < -0.3 is 5.11 Å². The molecule has 2 aromatic carbocycles. The number of hydrogen-bond acceptors (Lipinski definition) is 5. The van der Waals surface area contributed by atoms with Crippen molar-refractivity contribution in [2.45, 2.75) is 6.10 Å². The van der Waals surface area contributed by atoms with Crippen LogP contribution in [0.4, 0.5) is 11.4 Å². The molecule has 9 heteroatoms. The van der Waals surface area contributed by atoms with E-state index >= 15 is 0 Å². The molecule has 0 aromatic heterocycles. The maximum absolute atomic E-state index is 12.0. The quantitative estimate of drug-likeness (QED) is 0.610. The largest absolute Gasteiger partial charge is 0.387 e. The van der Waals surface area contributed by atoms with Gasteiger partial charge >= 0.3 is 0 Å². The second-order valence-electron chi connectivity index (χ2n) is 4.75. The Morgan fingerprint density at radius 2 is 1.70 bits per heavy atom. The molecule has 23 heavy (non-hydrogen) atoms. The molecule has 122 valence electrons. The Morgan fingerprint density at radius 1 is 1.13 bits per heavy atom. The van der Waals surface area contributed by atoms with Crippen LogP contribution in [-0.4, -0.2) is 24.2 Å². The Kier molecular flexibility index (Phi) is 5.19. The lowest BCUT2D eigenvalue weighted by atomic mass is 10.1. The molecule has 0 aliphatic heterocycles. The number of benzene rings is 2. The summed E-state index contributed by atoms with van der Waals surface area (Å²) in [6, 6.07) is 11.1. The molecule has 0 radical (unpaired) electrons. The molecule has 0 aliphatic carbocycles. The van der Waals surface area contributed by atoms with Crippen molar-refractivity contribution in [1.29, 1.82) is 0 Å². The van der Waals surface area contributed by atoms with Gasteiger partial charge in [0.15, 0.2) is 0 Å². The maximum atomic E-state index is 12.0. The van der Waals surface area contributed by atoms with Crippen molar-refractivity contribution in [3.05, 3.63) is 69.2 Å². The number of nitro groups is 1. The minimum absolute atomic E-state index is 0.136. The average Bonchev–Trinajstić information content (AvgIpc) is 2.49. The van der Waals surface area contributed by atoms with Crippen molar-refractivity contribution in [3.63, 3.8) is 0 Å². The molecule has 0 bridgehead atoms. The third-order valence-electron chi connectivity index (χ3n) is 2.98. The van der Waals surface area contributed by atoms with Gasteiger partial charge in [-0.1, -0.05) is 11.6 Å². The fraction of sp³-hybridized carbons (Fsp3) is 0.143. The lowest BCUT2D eigenvalue weighted by molar-refractivity contribution is -0.384. The van der Waals surface area contributed by atoms with Gasteiger partial charge in [0.2, 0.25) is 10.0 Å². The summed E-state index contributed by atoms with van der Waals surface area (Å²) in [5, 5.41) is 21.0. The molecule has 0 aliphatic rings. The first-order chi connectivity index (χ1) is 10.8. The normalized spacial score (nSPS) is 12.6. The average molecular weight is 357 g/mol. The summed E-state index contributed by atoms with van der Waals surface area (Å²) < 4.78 is 26.4. The number of nitrogens with zero attached hydrogens (tertiary/aromatic N) is 1. The number of halogens is 1. The first kappa shape index (κ1) is 17.2. The van der Waals surface area contributed by atoms with E-state index in [0.29, 0.717) is 10.7 Å². The molecule has 2 rings (SSSR count). The van der Waals surface area contributed by atoms with E-state index in [1.165, 1.54) is 48.5 Å². The fourth-order valence-electron chi connectivity index (χ4n) is 1.86. The van der Waals surface area contributed by atoms with Gasteiger partial charge in [-0.15, -0.1) is 0 Å². The van der Waals surface area contributed by atoms with Crippen LogP contribution in [0.25, 0.3) is 0 Å². The van der Waals surface area contributed by atoms with Crippen LogP contribution in [0, 0.1) is 10.1 Å². The van der Waals surface area contributed by atoms with Gasteiger partial charge in [0.05, 0.1) is 16.8 Å². The van der Waals surface area contributed by atoms with Gasteiger partial charge in [-0.3, -0.25) is 14.8 Å². The zero-order valence-electron chi connectivity index (χ0n) is 11.7. The highest BCUT2D eigenvalue weighted by atomic mass is 35.5. The molecule has 0 fully saturated rings. The highest BCUT2D eigenvalue weighted by Gasteiger charge is 2.19. The van der Waals surface area contributed by atoms with E-state index in [9.17, 15) is 23.6 Å². The van der Waals surface area contributed by atoms with E-state index in [2.05, 4.69) is 4.72 Å². The van der Waals surface area contributed by atoms with Crippen molar-refractivity contribution in [1.82, 2.24) is 0 Å². The van der Waals surface area contributed by atoms with E-state index in [0.717, 1.165) is 0 Å². The third-order valence-corrected chi connectivity index (χ3v) is 4.54. The van der Waals surface area contributed by atoms with Crippen molar-refractivity contribution in [2.75, 3.05) is 10.5 Å². The SMILES string of the molecule is O=[N+]([O-])c1ccc([C@H](O)CS(=O)(=O)Nc2ccc(Cl)cc2)cc1. The zero-order valence-corrected chi connectivity index (χ0v) is 13.3. The molecule has 0 spiro atoms. The minimum Gasteiger partial charge on any atom is -0.387 e. The second kappa shape index (κ2) is 6.95. The predicted molar refractivity (Wildman–Crippen MR) is 86.9 cm³/mol. The number of aliphatic hydroxyl groups is 1. The van der Waals surface area contributed by atoms with E-state index < -0.39 is 26.8 Å². The molecule has 2 N–H and O–H groups in total. The van der Waals surface area contributed by atoms with Crippen molar-refractivity contribution >= 4 is 33.0 Å². The fourth-order valence-corrected chi connectivity index (χ4v) is 3.17. The van der Waals surface area contributed by atoms with Crippen LogP contribution in [0.2, 0.25) is 5.02 Å². The second-order valence-corrected chi connectivity index (χ2v) is 6.96. The van der Waals surface area contributed by atoms with Crippen LogP contribution >= 0.6 is 11.6 Å². The molecule has 1 atom stereocenters. The van der Waals surface area contributed by atoms with Crippen molar-refractivity contribution in [2.24, 2.45) is 0 Å². The number of anilines is 1. The lowest BCUT2D eigenvalue weighted by Gasteiger charge is -2.13. The topological polar surface area (TPSA) is 110 Å². The molecule has 0 heterocycles. The Labute approximate surface area is 137 Å². The molecule has 0 saturated carbocycles. The molecule has 0 amide bonds. The standard InChI is InChI=1S/C14H13ClN2O5S/c15-11-3-5-12(6-4-11)16-23(21,22)9-14(18)10-1-7-13(8-2-10)17(19)20/h1-8,14,16,18H,9H2/t14-/m1/s1. The van der Waals surface area contributed by atoms with Gasteiger partial charge in [-0.2, -0.15) is 0 Å². The number of sulfonamides is 1. The number of aliphatic hydroxyl groups excluding tert-OH is 1. The van der Waals surface area contributed by atoms with Crippen LogP contribution < -0.4 is 4.72 Å². The summed E-state index contributed by atoms with van der Waals surface area (Å²) in [6.45, 7) is 0. The first-order valence-electron chi connectivity index (χ1n) is 6.45. The lowest BCUT2D eigenvalue weighted by Crippen LogP contribution is -2.21. The summed E-state index contributed by atoms with van der Waals surface area (Å²) in [5.41, 5.74) is 0.463. The van der Waals surface area contributed by atoms with Gasteiger partial charge in [-0.25, -0.2) is 8.42 Å². The first-order valence-corrected chi connectivity index (χ1v) is 8.48. The Bertz CT molecular complexity index is 791. The Hall–Kier alpha value is -2.16. The summed E-state index contributed by atoms with van der Waals surface area (Å²) in [4.78, 5) is 9.99. The van der Waals surface area contributed by atoms with Gasteiger partial charge in [0, 0.05) is 22.8 Å². The van der Waals surface area contributed by atoms with E-state index in [-0.39, 0.29) is 11.3 Å². The number of nitro benzene ring substituents is 1. The molecular weight excluding hydrogens is 344 g/mol. The highest BCUT2D eigenvalue weighted by molar-refractivity contribution is 7.92. The van der Waals surface area contributed by atoms with Crippen molar-refractivity contribution in [3.8, 4) is 0 Å². The van der Waals surface area contributed by atoms with Crippen LogP contribution in [0.15, 0.2) is 48.5 Å². The zero-order chi connectivity index (χ0) is 17.0. The van der Waals surface area contributed by atoms with Crippen LogP contribution in [-0.2, 0) is 10.0 Å².